The molecule has 5 nitrogen and oxygen atoms in total. The van der Waals surface area contributed by atoms with Crippen molar-refractivity contribution in [3.63, 3.8) is 0 Å². The summed E-state index contributed by atoms with van der Waals surface area (Å²) in [5.74, 6) is -1.11. The Bertz CT molecular complexity index is 1080. The number of benzene rings is 2. The Balaban J connectivity index is 1.71. The van der Waals surface area contributed by atoms with Gasteiger partial charge >= 0.3 is 0 Å². The summed E-state index contributed by atoms with van der Waals surface area (Å²) in [5.41, 5.74) is 3.35. The van der Waals surface area contributed by atoms with Gasteiger partial charge in [0, 0.05) is 35.4 Å². The van der Waals surface area contributed by atoms with E-state index in [1.807, 2.05) is 13.0 Å². The third kappa shape index (κ3) is 5.35. The summed E-state index contributed by atoms with van der Waals surface area (Å²) in [5, 5.41) is 5.43. The largest absolute Gasteiger partial charge is 0.322 e. The lowest BCUT2D eigenvalue weighted by molar-refractivity contribution is -0.111. The second-order valence-electron chi connectivity index (χ2n) is 6.56. The van der Waals surface area contributed by atoms with Crippen molar-refractivity contribution in [2.75, 3.05) is 10.6 Å². The highest BCUT2D eigenvalue weighted by atomic mass is 19.1. The molecule has 2 N–H and O–H groups in total. The van der Waals surface area contributed by atoms with Crippen molar-refractivity contribution >= 4 is 29.3 Å². The molecule has 0 fully saturated rings. The predicted molar refractivity (Wildman–Crippen MR) is 112 cm³/mol. The topological polar surface area (TPSA) is 71.1 Å². The minimum Gasteiger partial charge on any atom is -0.322 e. The summed E-state index contributed by atoms with van der Waals surface area (Å²) in [6.07, 6.45) is 6.36. The summed E-state index contributed by atoms with van der Waals surface area (Å²) in [7, 11) is 0. The predicted octanol–water partition coefficient (Wildman–Crippen LogP) is 4.74. The van der Waals surface area contributed by atoms with Crippen LogP contribution in [0.15, 0.2) is 67.0 Å². The number of hydrogen-bond donors (Lipinski definition) is 2. The van der Waals surface area contributed by atoms with E-state index in [4.69, 9.17) is 0 Å². The second kappa shape index (κ2) is 8.93. The molecule has 0 aliphatic heterocycles. The number of carbonyl (C=O) groups is 2. The van der Waals surface area contributed by atoms with Gasteiger partial charge in [-0.3, -0.25) is 14.6 Å². The summed E-state index contributed by atoms with van der Waals surface area (Å²) in [6, 6.07) is 13.1. The van der Waals surface area contributed by atoms with E-state index in [2.05, 4.69) is 15.6 Å². The molecule has 0 radical (unpaired) electrons. The number of carbonyl (C=O) groups excluding carboxylic acids is 2. The highest BCUT2D eigenvalue weighted by molar-refractivity contribution is 6.07. The lowest BCUT2D eigenvalue weighted by Crippen LogP contribution is -2.14. The molecule has 146 valence electrons. The SMILES string of the molecule is Cc1ccc(NC(=O)c2ccc(C)c(NC(=O)C=Cc3cccnc3)c2)cc1F. The van der Waals surface area contributed by atoms with Crippen molar-refractivity contribution in [1.29, 1.82) is 0 Å². The van der Waals surface area contributed by atoms with Gasteiger partial charge in [-0.2, -0.15) is 0 Å². The third-order valence-electron chi connectivity index (χ3n) is 4.30. The van der Waals surface area contributed by atoms with Crippen LogP contribution >= 0.6 is 0 Å². The van der Waals surface area contributed by atoms with Gasteiger partial charge in [0.1, 0.15) is 5.82 Å². The average molecular weight is 389 g/mol. The first-order valence-electron chi connectivity index (χ1n) is 8.99. The van der Waals surface area contributed by atoms with Crippen LogP contribution in [0.3, 0.4) is 0 Å². The van der Waals surface area contributed by atoms with Crippen LogP contribution in [0.4, 0.5) is 15.8 Å². The smallest absolute Gasteiger partial charge is 0.255 e. The van der Waals surface area contributed by atoms with Crippen LogP contribution in [0.1, 0.15) is 27.0 Å². The number of aryl methyl sites for hydroxylation is 2. The maximum atomic E-state index is 13.7. The second-order valence-corrected chi connectivity index (χ2v) is 6.56. The van der Waals surface area contributed by atoms with Crippen molar-refractivity contribution < 1.29 is 14.0 Å². The molecule has 0 spiro atoms. The van der Waals surface area contributed by atoms with Crippen LogP contribution in [-0.2, 0) is 4.79 Å². The van der Waals surface area contributed by atoms with Gasteiger partial charge < -0.3 is 10.6 Å². The summed E-state index contributed by atoms with van der Waals surface area (Å²) < 4.78 is 13.7. The van der Waals surface area contributed by atoms with Crippen molar-refractivity contribution in [1.82, 2.24) is 4.98 Å². The zero-order chi connectivity index (χ0) is 20.8. The molecule has 0 bridgehead atoms. The number of pyridine rings is 1. The van der Waals surface area contributed by atoms with Gasteiger partial charge in [-0.15, -0.1) is 0 Å². The minimum atomic E-state index is -0.394. The molecule has 3 aromatic rings. The monoisotopic (exact) mass is 389 g/mol. The molecule has 0 saturated carbocycles. The Labute approximate surface area is 168 Å². The number of nitrogens with zero attached hydrogens (tertiary/aromatic N) is 1. The fourth-order valence-electron chi connectivity index (χ4n) is 2.59. The van der Waals surface area contributed by atoms with Gasteiger partial charge in [-0.1, -0.05) is 18.2 Å². The van der Waals surface area contributed by atoms with Crippen LogP contribution in [0.2, 0.25) is 0 Å². The van der Waals surface area contributed by atoms with E-state index in [1.54, 1.807) is 61.8 Å². The zero-order valence-electron chi connectivity index (χ0n) is 16.1. The first-order chi connectivity index (χ1) is 13.9. The molecule has 2 amide bonds. The van der Waals surface area contributed by atoms with Gasteiger partial charge in [0.2, 0.25) is 5.91 Å². The first-order valence-corrected chi connectivity index (χ1v) is 8.99. The molecule has 6 heteroatoms. The molecule has 3 rings (SSSR count). The molecule has 0 aliphatic rings. The Morgan fingerprint density at radius 3 is 2.52 bits per heavy atom. The van der Waals surface area contributed by atoms with E-state index < -0.39 is 5.91 Å². The maximum Gasteiger partial charge on any atom is 0.255 e. The van der Waals surface area contributed by atoms with Crippen molar-refractivity contribution in [3.8, 4) is 0 Å². The summed E-state index contributed by atoms with van der Waals surface area (Å²) in [4.78, 5) is 28.7. The Kier molecular flexibility index (Phi) is 6.14. The normalized spacial score (nSPS) is 10.7. The fourth-order valence-corrected chi connectivity index (χ4v) is 2.59. The Morgan fingerprint density at radius 2 is 1.79 bits per heavy atom. The summed E-state index contributed by atoms with van der Waals surface area (Å²) >= 11 is 0. The van der Waals surface area contributed by atoms with Crippen LogP contribution in [-0.4, -0.2) is 16.8 Å². The highest BCUT2D eigenvalue weighted by Gasteiger charge is 2.11. The molecular formula is C23H20FN3O2. The minimum absolute atomic E-state index is 0.324. The highest BCUT2D eigenvalue weighted by Crippen LogP contribution is 2.19. The lowest BCUT2D eigenvalue weighted by Gasteiger charge is -2.10. The van der Waals surface area contributed by atoms with Crippen molar-refractivity contribution in [3.05, 3.63) is 95.1 Å². The average Bonchev–Trinajstić information content (AvgIpc) is 2.71. The number of anilines is 2. The Morgan fingerprint density at radius 1 is 1.00 bits per heavy atom. The van der Waals surface area contributed by atoms with Crippen molar-refractivity contribution in [2.24, 2.45) is 0 Å². The molecular weight excluding hydrogens is 369 g/mol. The number of amides is 2. The molecule has 0 unspecified atom stereocenters. The molecule has 1 aromatic heterocycles. The van der Waals surface area contributed by atoms with Crippen LogP contribution in [0.25, 0.3) is 6.08 Å². The molecule has 0 aliphatic carbocycles. The number of halogens is 1. The van der Waals surface area contributed by atoms with E-state index in [0.717, 1.165) is 11.1 Å². The van der Waals surface area contributed by atoms with Gasteiger partial charge in [-0.25, -0.2) is 4.39 Å². The molecule has 0 atom stereocenters. The van der Waals surface area contributed by atoms with Gasteiger partial charge in [0.15, 0.2) is 0 Å². The van der Waals surface area contributed by atoms with Gasteiger partial charge in [0.25, 0.3) is 5.91 Å². The fraction of sp³-hybridized carbons (Fsp3) is 0.0870. The molecule has 1 heterocycles. The van der Waals surface area contributed by atoms with E-state index in [1.165, 1.54) is 12.1 Å². The van der Waals surface area contributed by atoms with E-state index >= 15 is 0 Å². The van der Waals surface area contributed by atoms with E-state index in [9.17, 15) is 14.0 Å². The van der Waals surface area contributed by atoms with E-state index in [-0.39, 0.29) is 11.7 Å². The standard InChI is InChI=1S/C23H20FN3O2/c1-15-6-9-19(13-20(15)24)26-23(29)18-8-5-16(2)21(12-18)27-22(28)10-7-17-4-3-11-25-14-17/h3-14H,1-2H3,(H,26,29)(H,27,28). The zero-order valence-corrected chi connectivity index (χ0v) is 16.1. The van der Waals surface area contributed by atoms with Gasteiger partial charge in [-0.05, 0) is 66.9 Å². The quantitative estimate of drug-likeness (QED) is 0.619. The van der Waals surface area contributed by atoms with Crippen LogP contribution < -0.4 is 10.6 Å². The van der Waals surface area contributed by atoms with Crippen molar-refractivity contribution in [2.45, 2.75) is 13.8 Å². The van der Waals surface area contributed by atoms with E-state index in [0.29, 0.717) is 22.5 Å². The number of rotatable bonds is 5. The number of aromatic nitrogens is 1. The third-order valence-corrected chi connectivity index (χ3v) is 4.30. The summed E-state index contributed by atoms with van der Waals surface area (Å²) in [6.45, 7) is 3.48. The number of hydrogen-bond acceptors (Lipinski definition) is 3. The molecule has 0 saturated heterocycles. The van der Waals surface area contributed by atoms with Crippen LogP contribution in [0, 0.1) is 19.7 Å². The first kappa shape index (κ1) is 19.9. The van der Waals surface area contributed by atoms with Gasteiger partial charge in [0.05, 0.1) is 0 Å². The maximum absolute atomic E-state index is 13.7. The Hall–Kier alpha value is -3.80. The number of nitrogens with one attached hydrogen (secondary N) is 2. The molecule has 2 aromatic carbocycles. The lowest BCUT2D eigenvalue weighted by atomic mass is 10.1. The molecule has 29 heavy (non-hydrogen) atoms. The van der Waals surface area contributed by atoms with Crippen LogP contribution in [0.5, 0.6) is 0 Å².